The van der Waals surface area contributed by atoms with Crippen molar-refractivity contribution in [1.82, 2.24) is 33.9 Å². The summed E-state index contributed by atoms with van der Waals surface area (Å²) in [6, 6.07) is 8.35. The maximum Gasteiger partial charge on any atom is 0.277 e. The quantitative estimate of drug-likeness (QED) is 0.262. The Morgan fingerprint density at radius 3 is 2.69 bits per heavy atom. The predicted octanol–water partition coefficient (Wildman–Crippen LogP) is 2.59. The van der Waals surface area contributed by atoms with Gasteiger partial charge in [0, 0.05) is 52.2 Å². The molecule has 0 aliphatic carbocycles. The van der Waals surface area contributed by atoms with Crippen LogP contribution in [0.2, 0.25) is 0 Å². The highest BCUT2D eigenvalue weighted by Gasteiger charge is 2.28. The zero-order valence-electron chi connectivity index (χ0n) is 24.2. The van der Waals surface area contributed by atoms with Gasteiger partial charge in [-0.05, 0) is 43.2 Å². The van der Waals surface area contributed by atoms with Gasteiger partial charge in [-0.15, -0.1) is 0 Å². The number of H-pyrrole nitrogens is 1. The van der Waals surface area contributed by atoms with Crippen molar-refractivity contribution in [2.75, 3.05) is 46.0 Å². The lowest BCUT2D eigenvalue weighted by atomic mass is 10.1. The second kappa shape index (κ2) is 13.1. The number of nitrogens with one attached hydrogen (secondary N) is 1. The minimum Gasteiger partial charge on any atom is -0.493 e. The van der Waals surface area contributed by atoms with Gasteiger partial charge in [-0.2, -0.15) is 9.40 Å². The summed E-state index contributed by atoms with van der Waals surface area (Å²) in [5.41, 5.74) is 2.40. The summed E-state index contributed by atoms with van der Waals surface area (Å²) >= 11 is 0. The summed E-state index contributed by atoms with van der Waals surface area (Å²) < 4.78 is 42.7. The Morgan fingerprint density at radius 2 is 1.98 bits per heavy atom. The van der Waals surface area contributed by atoms with E-state index in [1.165, 1.54) is 21.1 Å². The van der Waals surface area contributed by atoms with Crippen molar-refractivity contribution in [3.8, 4) is 17.1 Å². The van der Waals surface area contributed by atoms with Crippen LogP contribution in [0.4, 0.5) is 0 Å². The van der Waals surface area contributed by atoms with E-state index in [2.05, 4.69) is 20.0 Å². The lowest BCUT2D eigenvalue weighted by Gasteiger charge is -2.30. The summed E-state index contributed by atoms with van der Waals surface area (Å²) in [4.78, 5) is 27.2. The van der Waals surface area contributed by atoms with Gasteiger partial charge in [0.2, 0.25) is 10.0 Å². The number of rotatable bonds is 12. The highest BCUT2D eigenvalue weighted by atomic mass is 32.2. The van der Waals surface area contributed by atoms with Gasteiger partial charge < -0.3 is 14.5 Å². The molecule has 1 N–H and O–H groups in total. The number of ether oxygens (including phenoxy) is 2. The van der Waals surface area contributed by atoms with E-state index in [0.717, 1.165) is 30.8 Å². The van der Waals surface area contributed by atoms with Crippen molar-refractivity contribution in [2.24, 2.45) is 7.05 Å². The zero-order valence-corrected chi connectivity index (χ0v) is 25.1. The lowest BCUT2D eigenvalue weighted by Crippen LogP contribution is -2.42. The molecule has 42 heavy (non-hydrogen) atoms. The first-order chi connectivity index (χ1) is 20.3. The SMILES string of the molecule is CCCc1nn(C)c2c(=O)[nH]c(-c3cc(S(=O)(=O)N(CCN4CCOCC4)Cc4cccnc4)ccc3OCC)nc12. The molecule has 12 nitrogen and oxygen atoms in total. The Morgan fingerprint density at radius 1 is 1.17 bits per heavy atom. The third-order valence-electron chi connectivity index (χ3n) is 7.24. The Kier molecular flexibility index (Phi) is 9.31. The first-order valence-corrected chi connectivity index (χ1v) is 15.7. The number of hydrogen-bond acceptors (Lipinski definition) is 9. The van der Waals surface area contributed by atoms with E-state index in [9.17, 15) is 13.2 Å². The van der Waals surface area contributed by atoms with Gasteiger partial charge in [0.15, 0.2) is 5.52 Å². The van der Waals surface area contributed by atoms with E-state index in [4.69, 9.17) is 14.5 Å². The van der Waals surface area contributed by atoms with E-state index >= 15 is 0 Å². The van der Waals surface area contributed by atoms with Gasteiger partial charge in [-0.1, -0.05) is 19.4 Å². The second-order valence-electron chi connectivity index (χ2n) is 10.2. The molecule has 1 aliphatic heterocycles. The first kappa shape index (κ1) is 29.8. The largest absolute Gasteiger partial charge is 0.493 e. The third kappa shape index (κ3) is 6.38. The molecule has 1 aliphatic rings. The fourth-order valence-electron chi connectivity index (χ4n) is 5.12. The second-order valence-corrected chi connectivity index (χ2v) is 12.1. The number of nitrogens with zero attached hydrogens (tertiary/aromatic N) is 6. The molecule has 1 fully saturated rings. The Labute approximate surface area is 245 Å². The van der Waals surface area contributed by atoms with Crippen LogP contribution in [0.3, 0.4) is 0 Å². The number of sulfonamides is 1. The Balaban J connectivity index is 1.56. The van der Waals surface area contributed by atoms with E-state index < -0.39 is 10.0 Å². The number of morpholine rings is 1. The monoisotopic (exact) mass is 595 g/mol. The number of aromatic amines is 1. The summed E-state index contributed by atoms with van der Waals surface area (Å²) in [5, 5.41) is 4.50. The maximum atomic E-state index is 14.2. The van der Waals surface area contributed by atoms with Crippen LogP contribution in [0.15, 0.2) is 52.4 Å². The van der Waals surface area contributed by atoms with Crippen LogP contribution in [0.1, 0.15) is 31.5 Å². The Hall–Kier alpha value is -3.65. The first-order valence-electron chi connectivity index (χ1n) is 14.2. The van der Waals surface area contributed by atoms with Gasteiger partial charge >= 0.3 is 0 Å². The fraction of sp³-hybridized carbons (Fsp3) is 0.448. The average molecular weight is 596 g/mol. The average Bonchev–Trinajstić information content (AvgIpc) is 3.31. The standard InChI is InChI=1S/C29H37N7O5S/c1-4-7-24-26-27(34(3)33-24)29(37)32-28(31-26)23-18-22(9-10-25(23)41-5-2)42(38,39)36(20-21-8-6-11-30-19-21)13-12-35-14-16-40-17-15-35/h6,8-11,18-19H,4-5,7,12-17,20H2,1-3H3,(H,31,32,37). The van der Waals surface area contributed by atoms with Crippen LogP contribution in [0.25, 0.3) is 22.4 Å². The summed E-state index contributed by atoms with van der Waals surface area (Å²) in [6.45, 7) is 8.02. The zero-order chi connectivity index (χ0) is 29.7. The van der Waals surface area contributed by atoms with Crippen molar-refractivity contribution in [2.45, 2.75) is 38.1 Å². The number of aryl methyl sites for hydroxylation is 2. The minimum atomic E-state index is -3.97. The van der Waals surface area contributed by atoms with Gasteiger partial charge in [0.25, 0.3) is 5.56 Å². The van der Waals surface area contributed by atoms with Gasteiger partial charge in [0.1, 0.15) is 17.1 Å². The highest BCUT2D eigenvalue weighted by molar-refractivity contribution is 7.89. The molecule has 4 aromatic rings. The predicted molar refractivity (Wildman–Crippen MR) is 159 cm³/mol. The van der Waals surface area contributed by atoms with Crippen molar-refractivity contribution in [3.63, 3.8) is 0 Å². The van der Waals surface area contributed by atoms with E-state index in [1.807, 2.05) is 19.9 Å². The molecular weight excluding hydrogens is 558 g/mol. The topological polar surface area (TPSA) is 136 Å². The van der Waals surface area contributed by atoms with Gasteiger partial charge in [-0.3, -0.25) is 19.4 Å². The fourth-order valence-corrected chi connectivity index (χ4v) is 6.57. The Bertz CT molecular complexity index is 1680. The lowest BCUT2D eigenvalue weighted by molar-refractivity contribution is 0.0361. The third-order valence-corrected chi connectivity index (χ3v) is 9.09. The number of hydrogen-bond donors (Lipinski definition) is 1. The van der Waals surface area contributed by atoms with Crippen molar-refractivity contribution in [1.29, 1.82) is 0 Å². The summed E-state index contributed by atoms with van der Waals surface area (Å²) in [7, 11) is -2.26. The number of aromatic nitrogens is 5. The number of fused-ring (bicyclic) bond motifs is 1. The molecule has 1 saturated heterocycles. The van der Waals surface area contributed by atoms with Crippen LogP contribution >= 0.6 is 0 Å². The van der Waals surface area contributed by atoms with Crippen molar-refractivity contribution in [3.05, 3.63) is 64.3 Å². The van der Waals surface area contributed by atoms with Gasteiger partial charge in [0.05, 0.1) is 36.0 Å². The molecular formula is C29H37N7O5S. The molecule has 0 atom stereocenters. The smallest absolute Gasteiger partial charge is 0.277 e. The highest BCUT2D eigenvalue weighted by Crippen LogP contribution is 2.32. The van der Waals surface area contributed by atoms with Crippen LogP contribution < -0.4 is 10.3 Å². The molecule has 0 saturated carbocycles. The molecule has 224 valence electrons. The molecule has 1 aromatic carbocycles. The van der Waals surface area contributed by atoms with Crippen LogP contribution in [0, 0.1) is 0 Å². The molecule has 4 heterocycles. The molecule has 0 spiro atoms. The molecule has 0 bridgehead atoms. The maximum absolute atomic E-state index is 14.2. The van der Waals surface area contributed by atoms with Crippen LogP contribution in [-0.2, 0) is 34.8 Å². The van der Waals surface area contributed by atoms with E-state index in [-0.39, 0.29) is 29.4 Å². The molecule has 0 unspecified atom stereocenters. The summed E-state index contributed by atoms with van der Waals surface area (Å²) in [5.74, 6) is 0.650. The molecule has 5 rings (SSSR count). The van der Waals surface area contributed by atoms with Crippen molar-refractivity contribution < 1.29 is 17.9 Å². The molecule has 0 amide bonds. The molecule has 0 radical (unpaired) electrons. The van der Waals surface area contributed by atoms with Crippen LogP contribution in [-0.4, -0.2) is 88.4 Å². The van der Waals surface area contributed by atoms with Crippen LogP contribution in [0.5, 0.6) is 5.75 Å². The van der Waals surface area contributed by atoms with Gasteiger partial charge in [-0.25, -0.2) is 13.4 Å². The number of benzene rings is 1. The van der Waals surface area contributed by atoms with E-state index in [1.54, 1.807) is 31.6 Å². The minimum absolute atomic E-state index is 0.0783. The van der Waals surface area contributed by atoms with Crippen molar-refractivity contribution >= 4 is 21.1 Å². The summed E-state index contributed by atoms with van der Waals surface area (Å²) in [6.07, 6.45) is 4.83. The van der Waals surface area contributed by atoms with E-state index in [0.29, 0.717) is 55.1 Å². The molecule has 13 heteroatoms. The normalized spacial score (nSPS) is 14.6. The molecule has 3 aromatic heterocycles. The number of pyridine rings is 1.